The second kappa shape index (κ2) is 7.18. The van der Waals surface area contributed by atoms with Gasteiger partial charge in [0.15, 0.2) is 0 Å². The van der Waals surface area contributed by atoms with Crippen LogP contribution in [0.3, 0.4) is 0 Å². The van der Waals surface area contributed by atoms with Crippen molar-refractivity contribution in [3.63, 3.8) is 0 Å². The summed E-state index contributed by atoms with van der Waals surface area (Å²) in [7, 11) is 0. The fourth-order valence-corrected chi connectivity index (χ4v) is 2.16. The summed E-state index contributed by atoms with van der Waals surface area (Å²) in [6.45, 7) is 2.16. The van der Waals surface area contributed by atoms with E-state index in [1.165, 1.54) is 18.5 Å². The van der Waals surface area contributed by atoms with Crippen LogP contribution in [0.5, 0.6) is 5.95 Å². The van der Waals surface area contributed by atoms with Gasteiger partial charge in [-0.05, 0) is 25.1 Å². The van der Waals surface area contributed by atoms with E-state index in [0.717, 1.165) is 6.21 Å². The monoisotopic (exact) mass is 361 g/mol. The quantitative estimate of drug-likeness (QED) is 0.553. The SMILES string of the molecule is CCOc1cnc(C(=O)N/N=C/c2coc3ccc(Cl)cc3c2=O)o1. The number of fused-ring (bicyclic) bond motifs is 1. The van der Waals surface area contributed by atoms with Gasteiger partial charge in [0, 0.05) is 5.02 Å². The molecule has 1 aromatic carbocycles. The minimum atomic E-state index is -0.685. The van der Waals surface area contributed by atoms with E-state index in [0.29, 0.717) is 22.6 Å². The minimum Gasteiger partial charge on any atom is -0.464 e. The Morgan fingerprint density at radius 2 is 2.32 bits per heavy atom. The molecule has 3 rings (SSSR count). The van der Waals surface area contributed by atoms with Crippen molar-refractivity contribution in [1.82, 2.24) is 10.4 Å². The lowest BCUT2D eigenvalue weighted by Crippen LogP contribution is -2.18. The number of benzene rings is 1. The van der Waals surface area contributed by atoms with Gasteiger partial charge in [-0.15, -0.1) is 0 Å². The zero-order valence-corrected chi connectivity index (χ0v) is 13.7. The number of carbonyl (C=O) groups excluding carboxylic acids is 1. The maximum atomic E-state index is 12.3. The number of rotatable bonds is 5. The second-order valence-corrected chi connectivity index (χ2v) is 5.21. The molecule has 0 saturated heterocycles. The Bertz CT molecular complexity index is 1010. The number of hydrogen-bond donors (Lipinski definition) is 1. The summed E-state index contributed by atoms with van der Waals surface area (Å²) < 4.78 is 15.5. The average molecular weight is 362 g/mol. The maximum Gasteiger partial charge on any atom is 0.327 e. The van der Waals surface area contributed by atoms with Crippen LogP contribution in [-0.2, 0) is 0 Å². The molecule has 0 aliphatic carbocycles. The molecule has 0 fully saturated rings. The van der Waals surface area contributed by atoms with E-state index in [1.807, 2.05) is 0 Å². The van der Waals surface area contributed by atoms with Crippen molar-refractivity contribution >= 4 is 34.7 Å². The van der Waals surface area contributed by atoms with E-state index in [4.69, 9.17) is 25.2 Å². The number of aromatic nitrogens is 1. The summed E-state index contributed by atoms with van der Waals surface area (Å²) in [5, 5.41) is 4.43. The fourth-order valence-electron chi connectivity index (χ4n) is 1.99. The number of nitrogens with zero attached hydrogens (tertiary/aromatic N) is 2. The number of hydrogen-bond acceptors (Lipinski definition) is 7. The molecular formula is C16H12ClN3O5. The Morgan fingerprint density at radius 3 is 3.12 bits per heavy atom. The fraction of sp³-hybridized carbons (Fsp3) is 0.125. The third kappa shape index (κ3) is 3.69. The second-order valence-electron chi connectivity index (χ2n) is 4.78. The van der Waals surface area contributed by atoms with E-state index in [2.05, 4.69) is 15.5 Å². The average Bonchev–Trinajstić information content (AvgIpc) is 3.06. The van der Waals surface area contributed by atoms with Gasteiger partial charge in [-0.1, -0.05) is 11.6 Å². The van der Waals surface area contributed by atoms with Gasteiger partial charge in [0.1, 0.15) is 18.0 Å². The highest BCUT2D eigenvalue weighted by molar-refractivity contribution is 6.31. The van der Waals surface area contributed by atoms with E-state index in [9.17, 15) is 9.59 Å². The number of ether oxygens (including phenoxy) is 1. The lowest BCUT2D eigenvalue weighted by atomic mass is 10.2. The van der Waals surface area contributed by atoms with E-state index >= 15 is 0 Å². The molecule has 2 aromatic heterocycles. The molecule has 128 valence electrons. The van der Waals surface area contributed by atoms with Crippen LogP contribution in [0.4, 0.5) is 0 Å². The van der Waals surface area contributed by atoms with E-state index < -0.39 is 5.91 Å². The number of hydrazone groups is 1. The normalized spacial score (nSPS) is 11.1. The van der Waals surface area contributed by atoms with Crippen molar-refractivity contribution in [1.29, 1.82) is 0 Å². The molecule has 0 atom stereocenters. The molecule has 8 nitrogen and oxygen atoms in total. The molecular weight excluding hydrogens is 350 g/mol. The van der Waals surface area contributed by atoms with Crippen LogP contribution in [0.2, 0.25) is 5.02 Å². The molecule has 9 heteroatoms. The first-order chi connectivity index (χ1) is 12.1. The van der Waals surface area contributed by atoms with Crippen LogP contribution >= 0.6 is 11.6 Å². The summed E-state index contributed by atoms with van der Waals surface area (Å²) in [5.74, 6) is -0.767. The molecule has 1 N–H and O–H groups in total. The standard InChI is InChI=1S/C16H12ClN3O5/c1-2-23-13-7-18-16(25-13)15(22)20-19-6-9-8-24-12-4-3-10(17)5-11(12)14(9)21/h3-8H,2H2,1H3,(H,20,22)/b19-6+. The van der Waals surface area contributed by atoms with Crippen LogP contribution in [-0.4, -0.2) is 23.7 Å². The third-order valence-corrected chi connectivity index (χ3v) is 3.33. The lowest BCUT2D eigenvalue weighted by Gasteiger charge is -1.99. The van der Waals surface area contributed by atoms with Crippen molar-refractivity contribution < 1.29 is 18.4 Å². The molecule has 0 spiro atoms. The van der Waals surface area contributed by atoms with Gasteiger partial charge in [-0.3, -0.25) is 9.59 Å². The molecule has 25 heavy (non-hydrogen) atoms. The Kier molecular flexibility index (Phi) is 4.80. The first-order valence-electron chi connectivity index (χ1n) is 7.21. The van der Waals surface area contributed by atoms with Crippen molar-refractivity contribution in [3.8, 4) is 5.95 Å². The highest BCUT2D eigenvalue weighted by Crippen LogP contribution is 2.16. The van der Waals surface area contributed by atoms with Gasteiger partial charge in [0.05, 0.1) is 23.8 Å². The van der Waals surface area contributed by atoms with Crippen molar-refractivity contribution in [2.75, 3.05) is 6.61 Å². The third-order valence-electron chi connectivity index (χ3n) is 3.10. The molecule has 0 bridgehead atoms. The van der Waals surface area contributed by atoms with Crippen LogP contribution in [0.1, 0.15) is 23.2 Å². The molecule has 0 aliphatic rings. The van der Waals surface area contributed by atoms with E-state index in [1.54, 1.807) is 19.1 Å². The molecule has 1 amide bonds. The molecule has 0 saturated carbocycles. The summed E-state index contributed by atoms with van der Waals surface area (Å²) in [6, 6.07) is 4.72. The summed E-state index contributed by atoms with van der Waals surface area (Å²) in [4.78, 5) is 27.9. The molecule has 3 aromatic rings. The number of nitrogens with one attached hydrogen (secondary N) is 1. The lowest BCUT2D eigenvalue weighted by molar-refractivity contribution is 0.0912. The summed E-state index contributed by atoms with van der Waals surface area (Å²) >= 11 is 5.88. The Balaban J connectivity index is 1.75. The number of carbonyl (C=O) groups is 1. The summed E-state index contributed by atoms with van der Waals surface area (Å²) in [6.07, 6.45) is 3.69. The van der Waals surface area contributed by atoms with Gasteiger partial charge < -0.3 is 13.6 Å². The Hall–Kier alpha value is -3.13. The van der Waals surface area contributed by atoms with Gasteiger partial charge in [0.25, 0.3) is 5.89 Å². The van der Waals surface area contributed by atoms with Crippen molar-refractivity contribution in [2.24, 2.45) is 5.10 Å². The van der Waals surface area contributed by atoms with E-state index in [-0.39, 0.29) is 22.8 Å². The van der Waals surface area contributed by atoms with Gasteiger partial charge in [0.2, 0.25) is 5.43 Å². The minimum absolute atomic E-state index is 0.128. The molecule has 0 aliphatic heterocycles. The zero-order chi connectivity index (χ0) is 17.8. The van der Waals surface area contributed by atoms with Crippen LogP contribution in [0.15, 0.2) is 49.4 Å². The predicted molar refractivity (Wildman–Crippen MR) is 90.2 cm³/mol. The first-order valence-corrected chi connectivity index (χ1v) is 7.59. The van der Waals surface area contributed by atoms with Gasteiger partial charge >= 0.3 is 11.9 Å². The molecule has 0 radical (unpaired) electrons. The van der Waals surface area contributed by atoms with Crippen molar-refractivity contribution in [2.45, 2.75) is 6.92 Å². The summed E-state index contributed by atoms with van der Waals surface area (Å²) in [5.41, 5.74) is 2.43. The smallest absolute Gasteiger partial charge is 0.327 e. The maximum absolute atomic E-state index is 12.3. The zero-order valence-electron chi connectivity index (χ0n) is 13.0. The van der Waals surface area contributed by atoms with Crippen LogP contribution in [0.25, 0.3) is 11.0 Å². The van der Waals surface area contributed by atoms with Gasteiger partial charge in [-0.25, -0.2) is 10.4 Å². The Labute approximate surface area is 146 Å². The Morgan fingerprint density at radius 1 is 1.48 bits per heavy atom. The van der Waals surface area contributed by atoms with Gasteiger partial charge in [-0.2, -0.15) is 5.10 Å². The highest BCUT2D eigenvalue weighted by Gasteiger charge is 2.13. The topological polar surface area (TPSA) is 107 Å². The predicted octanol–water partition coefficient (Wildman–Crippen LogP) is 2.60. The largest absolute Gasteiger partial charge is 0.464 e. The first kappa shape index (κ1) is 16.7. The molecule has 2 heterocycles. The number of amides is 1. The molecule has 0 unspecified atom stereocenters. The number of halogens is 1. The van der Waals surface area contributed by atoms with Crippen LogP contribution < -0.4 is 15.6 Å². The number of oxazole rings is 1. The highest BCUT2D eigenvalue weighted by atomic mass is 35.5. The van der Waals surface area contributed by atoms with Crippen LogP contribution in [0, 0.1) is 0 Å². The van der Waals surface area contributed by atoms with Crippen molar-refractivity contribution in [3.05, 3.63) is 57.4 Å².